The molecule has 1 amide bonds. The molecular formula is C13H18N2O3. The molecule has 0 saturated carbocycles. The second-order valence-electron chi connectivity index (χ2n) is 3.85. The van der Waals surface area contributed by atoms with Gasteiger partial charge in [0.2, 0.25) is 5.91 Å². The summed E-state index contributed by atoms with van der Waals surface area (Å²) in [7, 11) is 0. The molecule has 0 aliphatic heterocycles. The van der Waals surface area contributed by atoms with Gasteiger partial charge >= 0.3 is 5.97 Å². The first kappa shape index (κ1) is 14.0. The summed E-state index contributed by atoms with van der Waals surface area (Å²) in [5, 5.41) is 11.6. The van der Waals surface area contributed by atoms with Crippen molar-refractivity contribution in [3.8, 4) is 0 Å². The van der Waals surface area contributed by atoms with Crippen molar-refractivity contribution in [3.63, 3.8) is 0 Å². The maximum atomic E-state index is 11.4. The van der Waals surface area contributed by atoms with E-state index < -0.39 is 5.97 Å². The van der Waals surface area contributed by atoms with Gasteiger partial charge in [-0.3, -0.25) is 9.59 Å². The number of nitrogens with one attached hydrogen (secondary N) is 1. The van der Waals surface area contributed by atoms with E-state index in [0.29, 0.717) is 13.1 Å². The average Bonchev–Trinajstić information content (AvgIpc) is 2.35. The summed E-state index contributed by atoms with van der Waals surface area (Å²) in [6, 6.07) is 9.22. The first-order valence-electron chi connectivity index (χ1n) is 5.92. The Balaban J connectivity index is 2.62. The number of carboxylic acid groups (broad SMARTS) is 1. The van der Waals surface area contributed by atoms with Crippen molar-refractivity contribution in [1.82, 2.24) is 5.32 Å². The van der Waals surface area contributed by atoms with Gasteiger partial charge in [-0.05, 0) is 19.1 Å². The number of carbonyl (C=O) groups excluding carboxylic acids is 1. The zero-order valence-electron chi connectivity index (χ0n) is 10.4. The van der Waals surface area contributed by atoms with E-state index in [4.69, 9.17) is 5.11 Å². The van der Waals surface area contributed by atoms with Crippen molar-refractivity contribution in [2.24, 2.45) is 0 Å². The van der Waals surface area contributed by atoms with Gasteiger partial charge in [0.15, 0.2) is 0 Å². The van der Waals surface area contributed by atoms with Crippen LogP contribution in [-0.2, 0) is 9.59 Å². The van der Waals surface area contributed by atoms with Crippen LogP contribution in [0.2, 0.25) is 0 Å². The fraction of sp³-hybridized carbons (Fsp3) is 0.385. The van der Waals surface area contributed by atoms with Crippen LogP contribution in [0, 0.1) is 0 Å². The van der Waals surface area contributed by atoms with Gasteiger partial charge in [0.05, 0.1) is 0 Å². The number of hydrogen-bond acceptors (Lipinski definition) is 3. The van der Waals surface area contributed by atoms with Crippen LogP contribution in [0.15, 0.2) is 30.3 Å². The molecule has 0 bridgehead atoms. The largest absolute Gasteiger partial charge is 0.480 e. The Morgan fingerprint density at radius 3 is 2.50 bits per heavy atom. The van der Waals surface area contributed by atoms with E-state index in [1.807, 2.05) is 37.3 Å². The lowest BCUT2D eigenvalue weighted by Gasteiger charge is -2.22. The Morgan fingerprint density at radius 1 is 1.28 bits per heavy atom. The maximum absolute atomic E-state index is 11.4. The number of nitrogens with zero attached hydrogens (tertiary/aromatic N) is 1. The van der Waals surface area contributed by atoms with E-state index in [-0.39, 0.29) is 18.9 Å². The van der Waals surface area contributed by atoms with Gasteiger partial charge in [0, 0.05) is 25.2 Å². The molecule has 0 saturated heterocycles. The Bertz CT molecular complexity index is 392. The molecule has 0 atom stereocenters. The fourth-order valence-corrected chi connectivity index (χ4v) is 1.62. The number of para-hydroxylation sites is 1. The van der Waals surface area contributed by atoms with Gasteiger partial charge in [-0.25, -0.2) is 0 Å². The van der Waals surface area contributed by atoms with Crippen molar-refractivity contribution < 1.29 is 14.7 Å². The zero-order chi connectivity index (χ0) is 13.4. The van der Waals surface area contributed by atoms with Gasteiger partial charge in [-0.2, -0.15) is 0 Å². The Hall–Kier alpha value is -2.04. The highest BCUT2D eigenvalue weighted by Gasteiger charge is 2.11. The van der Waals surface area contributed by atoms with E-state index in [1.54, 1.807) is 4.90 Å². The summed E-state index contributed by atoms with van der Waals surface area (Å²) < 4.78 is 0. The molecule has 2 N–H and O–H groups in total. The van der Waals surface area contributed by atoms with E-state index >= 15 is 0 Å². The second-order valence-corrected chi connectivity index (χ2v) is 3.85. The van der Waals surface area contributed by atoms with E-state index in [1.165, 1.54) is 0 Å². The van der Waals surface area contributed by atoms with Gasteiger partial charge < -0.3 is 15.3 Å². The number of aliphatic carboxylic acids is 1. The highest BCUT2D eigenvalue weighted by atomic mass is 16.4. The number of carbonyl (C=O) groups is 2. The van der Waals surface area contributed by atoms with Gasteiger partial charge in [-0.15, -0.1) is 0 Å². The van der Waals surface area contributed by atoms with Crippen LogP contribution in [0.1, 0.15) is 13.3 Å². The van der Waals surface area contributed by atoms with Crippen LogP contribution in [0.3, 0.4) is 0 Å². The van der Waals surface area contributed by atoms with Crippen LogP contribution in [0.5, 0.6) is 0 Å². The molecule has 5 nitrogen and oxygen atoms in total. The number of amides is 1. The van der Waals surface area contributed by atoms with E-state index in [2.05, 4.69) is 5.32 Å². The highest BCUT2D eigenvalue weighted by Crippen LogP contribution is 2.13. The summed E-state index contributed by atoms with van der Waals surface area (Å²) in [5.74, 6) is -0.974. The minimum Gasteiger partial charge on any atom is -0.480 e. The number of hydrogen-bond donors (Lipinski definition) is 2. The predicted molar refractivity (Wildman–Crippen MR) is 69.6 cm³/mol. The molecule has 0 unspecified atom stereocenters. The standard InChI is InChI=1S/C13H18N2O3/c1-2-14-12(16)8-9-15(10-13(17)18)11-6-4-3-5-7-11/h3-7H,2,8-10H2,1H3,(H,14,16)(H,17,18). The van der Waals surface area contributed by atoms with Crippen LogP contribution in [0.25, 0.3) is 0 Å². The third kappa shape index (κ3) is 4.86. The molecule has 0 fully saturated rings. The lowest BCUT2D eigenvalue weighted by molar-refractivity contribution is -0.135. The number of benzene rings is 1. The molecule has 18 heavy (non-hydrogen) atoms. The van der Waals surface area contributed by atoms with Gasteiger partial charge in [0.25, 0.3) is 0 Å². The zero-order valence-corrected chi connectivity index (χ0v) is 10.4. The molecule has 0 aliphatic carbocycles. The highest BCUT2D eigenvalue weighted by molar-refractivity contribution is 5.77. The molecular weight excluding hydrogens is 232 g/mol. The molecule has 98 valence electrons. The monoisotopic (exact) mass is 250 g/mol. The normalized spacial score (nSPS) is 9.83. The van der Waals surface area contributed by atoms with Crippen LogP contribution in [0.4, 0.5) is 5.69 Å². The van der Waals surface area contributed by atoms with E-state index in [0.717, 1.165) is 5.69 Å². The average molecular weight is 250 g/mol. The summed E-state index contributed by atoms with van der Waals surface area (Å²) in [4.78, 5) is 23.9. The first-order chi connectivity index (χ1) is 8.63. The Morgan fingerprint density at radius 2 is 1.94 bits per heavy atom. The molecule has 0 radical (unpaired) electrons. The lowest BCUT2D eigenvalue weighted by atomic mass is 10.2. The summed E-state index contributed by atoms with van der Waals surface area (Å²) in [5.41, 5.74) is 0.809. The summed E-state index contributed by atoms with van der Waals surface area (Å²) in [6.45, 7) is 2.72. The summed E-state index contributed by atoms with van der Waals surface area (Å²) in [6.07, 6.45) is 0.288. The molecule has 1 rings (SSSR count). The van der Waals surface area contributed by atoms with Crippen molar-refractivity contribution >= 4 is 17.6 Å². The Labute approximate surface area is 106 Å². The molecule has 5 heteroatoms. The molecule has 0 aliphatic rings. The first-order valence-corrected chi connectivity index (χ1v) is 5.92. The topological polar surface area (TPSA) is 69.6 Å². The second kappa shape index (κ2) is 7.32. The number of carboxylic acids is 1. The third-order valence-electron chi connectivity index (χ3n) is 2.43. The number of rotatable bonds is 7. The van der Waals surface area contributed by atoms with Gasteiger partial charge in [0.1, 0.15) is 6.54 Å². The smallest absolute Gasteiger partial charge is 0.323 e. The number of anilines is 1. The van der Waals surface area contributed by atoms with Crippen molar-refractivity contribution in [2.75, 3.05) is 24.5 Å². The molecule has 0 heterocycles. The fourth-order valence-electron chi connectivity index (χ4n) is 1.62. The van der Waals surface area contributed by atoms with Crippen molar-refractivity contribution in [2.45, 2.75) is 13.3 Å². The minimum atomic E-state index is -0.908. The van der Waals surface area contributed by atoms with Crippen LogP contribution >= 0.6 is 0 Å². The van der Waals surface area contributed by atoms with Crippen molar-refractivity contribution in [1.29, 1.82) is 0 Å². The predicted octanol–water partition coefficient (Wildman–Crippen LogP) is 1.10. The molecule has 1 aromatic rings. The molecule has 0 spiro atoms. The molecule has 1 aromatic carbocycles. The lowest BCUT2D eigenvalue weighted by Crippen LogP contribution is -2.34. The molecule has 0 aromatic heterocycles. The Kier molecular flexibility index (Phi) is 5.70. The SMILES string of the molecule is CCNC(=O)CCN(CC(=O)O)c1ccccc1. The quantitative estimate of drug-likeness (QED) is 0.760. The van der Waals surface area contributed by atoms with E-state index in [9.17, 15) is 9.59 Å². The summed E-state index contributed by atoms with van der Waals surface area (Å²) >= 11 is 0. The third-order valence-corrected chi connectivity index (χ3v) is 2.43. The van der Waals surface area contributed by atoms with Crippen molar-refractivity contribution in [3.05, 3.63) is 30.3 Å². The van der Waals surface area contributed by atoms with Crippen LogP contribution in [-0.4, -0.2) is 36.6 Å². The minimum absolute atomic E-state index is 0.0659. The maximum Gasteiger partial charge on any atom is 0.323 e. The van der Waals surface area contributed by atoms with Crippen LogP contribution < -0.4 is 10.2 Å². The van der Waals surface area contributed by atoms with Gasteiger partial charge in [-0.1, -0.05) is 18.2 Å².